The van der Waals surface area contributed by atoms with Crippen LogP contribution in [0.5, 0.6) is 0 Å². The number of pyridine rings is 1. The van der Waals surface area contributed by atoms with Crippen molar-refractivity contribution in [3.8, 4) is 0 Å². The highest BCUT2D eigenvalue weighted by atomic mass is 16.5. The van der Waals surface area contributed by atoms with E-state index in [0.29, 0.717) is 17.9 Å². The van der Waals surface area contributed by atoms with Crippen molar-refractivity contribution >= 4 is 5.91 Å². The zero-order valence-corrected chi connectivity index (χ0v) is 15.7. The number of likely N-dealkylation sites (N-methyl/N-ethyl adjacent to an activating group) is 1. The minimum absolute atomic E-state index is 0.0304. The van der Waals surface area contributed by atoms with Crippen LogP contribution < -0.4 is 10.9 Å². The van der Waals surface area contributed by atoms with Crippen molar-refractivity contribution in [2.24, 2.45) is 0 Å². The van der Waals surface area contributed by atoms with E-state index < -0.39 is 0 Å². The number of rotatable bonds is 6. The van der Waals surface area contributed by atoms with Crippen LogP contribution in [0.4, 0.5) is 0 Å². The Hall–Kier alpha value is -2.41. The second kappa shape index (κ2) is 7.65. The molecule has 7 nitrogen and oxygen atoms in total. The number of aromatic nitrogens is 2. The Morgan fingerprint density at radius 2 is 2.04 bits per heavy atom. The van der Waals surface area contributed by atoms with Crippen LogP contribution in [-0.2, 0) is 6.54 Å². The fraction of sp³-hybridized carbons (Fsp3) is 0.500. The molecular formula is C18H26N4O3. The topological polar surface area (TPSA) is 80.4 Å². The Morgan fingerprint density at radius 3 is 2.60 bits per heavy atom. The second-order valence-corrected chi connectivity index (χ2v) is 6.68. The lowest BCUT2D eigenvalue weighted by Crippen LogP contribution is -2.36. The van der Waals surface area contributed by atoms with Crippen LogP contribution in [0.25, 0.3) is 0 Å². The maximum absolute atomic E-state index is 12.8. The fourth-order valence-corrected chi connectivity index (χ4v) is 2.89. The van der Waals surface area contributed by atoms with Gasteiger partial charge in [0.2, 0.25) is 0 Å². The molecule has 0 saturated carbocycles. The SMILES string of the molecule is Cc1ccn(C(C)CN(C)C)c(=O)c1C(=O)NCc1c(C)noc1C. The van der Waals surface area contributed by atoms with E-state index in [1.807, 2.05) is 32.8 Å². The van der Waals surface area contributed by atoms with Crippen LogP contribution in [0.3, 0.4) is 0 Å². The smallest absolute Gasteiger partial charge is 0.263 e. The highest BCUT2D eigenvalue weighted by Gasteiger charge is 2.19. The predicted molar refractivity (Wildman–Crippen MR) is 95.9 cm³/mol. The maximum Gasteiger partial charge on any atom is 0.263 e. The van der Waals surface area contributed by atoms with Gasteiger partial charge in [-0.15, -0.1) is 0 Å². The first kappa shape index (κ1) is 18.9. The van der Waals surface area contributed by atoms with Crippen molar-refractivity contribution < 1.29 is 9.32 Å². The molecule has 2 aromatic rings. The minimum Gasteiger partial charge on any atom is -0.361 e. The third-order valence-electron chi connectivity index (χ3n) is 4.27. The molecule has 0 spiro atoms. The van der Waals surface area contributed by atoms with E-state index in [1.54, 1.807) is 30.7 Å². The lowest BCUT2D eigenvalue weighted by molar-refractivity contribution is 0.0947. The summed E-state index contributed by atoms with van der Waals surface area (Å²) in [5.74, 6) is 0.286. The van der Waals surface area contributed by atoms with Crippen molar-refractivity contribution in [3.63, 3.8) is 0 Å². The summed E-state index contributed by atoms with van der Waals surface area (Å²) < 4.78 is 6.71. The van der Waals surface area contributed by atoms with Gasteiger partial charge < -0.3 is 19.3 Å². The lowest BCUT2D eigenvalue weighted by Gasteiger charge is -2.20. The number of hydrogen-bond acceptors (Lipinski definition) is 5. The molecule has 2 aromatic heterocycles. The molecule has 136 valence electrons. The molecule has 0 aliphatic carbocycles. The van der Waals surface area contributed by atoms with Gasteiger partial charge in [0, 0.05) is 30.9 Å². The van der Waals surface area contributed by atoms with E-state index in [1.165, 1.54) is 0 Å². The van der Waals surface area contributed by atoms with E-state index in [4.69, 9.17) is 4.52 Å². The molecule has 1 N–H and O–H groups in total. The molecule has 0 radical (unpaired) electrons. The van der Waals surface area contributed by atoms with E-state index in [-0.39, 0.29) is 29.6 Å². The van der Waals surface area contributed by atoms with Crippen LogP contribution in [-0.4, -0.2) is 41.2 Å². The molecule has 0 saturated heterocycles. The molecule has 1 atom stereocenters. The van der Waals surface area contributed by atoms with Gasteiger partial charge >= 0.3 is 0 Å². The summed E-state index contributed by atoms with van der Waals surface area (Å²) in [7, 11) is 3.90. The maximum atomic E-state index is 12.8. The van der Waals surface area contributed by atoms with E-state index >= 15 is 0 Å². The van der Waals surface area contributed by atoms with Crippen LogP contribution >= 0.6 is 0 Å². The molecule has 0 aliphatic rings. The molecule has 1 unspecified atom stereocenters. The Bertz CT molecular complexity index is 801. The average Bonchev–Trinajstić information content (AvgIpc) is 2.83. The predicted octanol–water partition coefficient (Wildman–Crippen LogP) is 1.81. The Balaban J connectivity index is 2.25. The van der Waals surface area contributed by atoms with Crippen LogP contribution in [0.1, 0.15) is 45.9 Å². The first-order valence-electron chi connectivity index (χ1n) is 8.28. The number of carbonyl (C=O) groups is 1. The number of nitrogens with one attached hydrogen (secondary N) is 1. The van der Waals surface area contributed by atoms with E-state index in [0.717, 1.165) is 11.3 Å². The lowest BCUT2D eigenvalue weighted by atomic mass is 10.1. The zero-order chi connectivity index (χ0) is 18.7. The summed E-state index contributed by atoms with van der Waals surface area (Å²) in [5, 5.41) is 6.68. The molecule has 25 heavy (non-hydrogen) atoms. The van der Waals surface area contributed by atoms with Gasteiger partial charge in [0.25, 0.3) is 11.5 Å². The molecule has 7 heteroatoms. The Labute approximate surface area is 147 Å². The van der Waals surface area contributed by atoms with Gasteiger partial charge in [-0.3, -0.25) is 9.59 Å². The summed E-state index contributed by atoms with van der Waals surface area (Å²) in [6.07, 6.45) is 1.75. The summed E-state index contributed by atoms with van der Waals surface area (Å²) >= 11 is 0. The average molecular weight is 346 g/mol. The quantitative estimate of drug-likeness (QED) is 0.863. The molecule has 0 aliphatic heterocycles. The van der Waals surface area contributed by atoms with Crippen molar-refractivity contribution in [1.82, 2.24) is 19.9 Å². The van der Waals surface area contributed by atoms with Crippen molar-refractivity contribution in [2.75, 3.05) is 20.6 Å². The second-order valence-electron chi connectivity index (χ2n) is 6.68. The Morgan fingerprint density at radius 1 is 1.36 bits per heavy atom. The molecule has 2 heterocycles. The van der Waals surface area contributed by atoms with Gasteiger partial charge in [-0.2, -0.15) is 0 Å². The molecule has 2 rings (SSSR count). The number of amides is 1. The number of nitrogens with zero attached hydrogens (tertiary/aromatic N) is 3. The summed E-state index contributed by atoms with van der Waals surface area (Å²) in [6.45, 7) is 8.34. The molecule has 1 amide bonds. The fourth-order valence-electron chi connectivity index (χ4n) is 2.89. The van der Waals surface area contributed by atoms with Crippen molar-refractivity contribution in [2.45, 2.75) is 40.3 Å². The highest BCUT2D eigenvalue weighted by molar-refractivity contribution is 5.95. The third-order valence-corrected chi connectivity index (χ3v) is 4.27. The largest absolute Gasteiger partial charge is 0.361 e. The summed E-state index contributed by atoms with van der Waals surface area (Å²) in [6, 6.07) is 1.77. The van der Waals surface area contributed by atoms with Gasteiger partial charge in [-0.05, 0) is 53.4 Å². The van der Waals surface area contributed by atoms with Crippen LogP contribution in [0.2, 0.25) is 0 Å². The third kappa shape index (κ3) is 4.17. The van der Waals surface area contributed by atoms with Gasteiger partial charge in [0.1, 0.15) is 11.3 Å². The monoisotopic (exact) mass is 346 g/mol. The molecular weight excluding hydrogens is 320 g/mol. The van der Waals surface area contributed by atoms with Gasteiger partial charge in [0.15, 0.2) is 0 Å². The number of hydrogen-bond donors (Lipinski definition) is 1. The van der Waals surface area contributed by atoms with Crippen LogP contribution in [0, 0.1) is 20.8 Å². The first-order chi connectivity index (χ1) is 11.7. The normalized spacial score (nSPS) is 12.4. The van der Waals surface area contributed by atoms with Crippen molar-refractivity contribution in [1.29, 1.82) is 0 Å². The Kier molecular flexibility index (Phi) is 5.79. The number of aryl methyl sites for hydroxylation is 3. The van der Waals surface area contributed by atoms with Crippen molar-refractivity contribution in [3.05, 3.63) is 50.8 Å². The van der Waals surface area contributed by atoms with Gasteiger partial charge in [-0.25, -0.2) is 0 Å². The zero-order valence-electron chi connectivity index (χ0n) is 15.7. The summed E-state index contributed by atoms with van der Waals surface area (Å²) in [5.41, 5.74) is 2.14. The molecule has 0 aromatic carbocycles. The highest BCUT2D eigenvalue weighted by Crippen LogP contribution is 2.12. The minimum atomic E-state index is -0.381. The first-order valence-corrected chi connectivity index (χ1v) is 8.28. The van der Waals surface area contributed by atoms with Gasteiger partial charge in [-0.1, -0.05) is 5.16 Å². The molecule has 0 fully saturated rings. The summed E-state index contributed by atoms with van der Waals surface area (Å²) in [4.78, 5) is 27.4. The van der Waals surface area contributed by atoms with E-state index in [9.17, 15) is 9.59 Å². The van der Waals surface area contributed by atoms with E-state index in [2.05, 4.69) is 10.5 Å². The standard InChI is InChI=1S/C18H26N4O3/c1-11-7-8-22(12(2)10-21(5)6)18(24)16(11)17(23)19-9-15-13(3)20-25-14(15)4/h7-8,12H,9-10H2,1-6H3,(H,19,23). The molecule has 0 bridgehead atoms. The van der Waals surface area contributed by atoms with Crippen LogP contribution in [0.15, 0.2) is 21.6 Å². The number of carbonyl (C=O) groups excluding carboxylic acids is 1. The van der Waals surface area contributed by atoms with Gasteiger partial charge in [0.05, 0.1) is 5.69 Å².